The molecule has 31 heavy (non-hydrogen) atoms. The molecule has 3 rings (SSSR count). The number of nitrogens with one attached hydrogen (secondary N) is 1. The molecule has 2 aromatic rings. The van der Waals surface area contributed by atoms with Gasteiger partial charge in [-0.25, -0.2) is 9.69 Å². The van der Waals surface area contributed by atoms with Gasteiger partial charge < -0.3 is 19.9 Å². The first kappa shape index (κ1) is 22.8. The molecule has 1 fully saturated rings. The fourth-order valence-electron chi connectivity index (χ4n) is 2.83. The van der Waals surface area contributed by atoms with Gasteiger partial charge in [0.25, 0.3) is 5.91 Å². The molecule has 10 heteroatoms. The normalized spacial score (nSPS) is 14.7. The first-order chi connectivity index (χ1) is 14.8. The summed E-state index contributed by atoms with van der Waals surface area (Å²) >= 11 is 6.87. The Morgan fingerprint density at radius 1 is 1.16 bits per heavy atom. The number of rotatable bonds is 8. The van der Waals surface area contributed by atoms with Gasteiger partial charge in [0.2, 0.25) is 0 Å². The SMILES string of the molecule is CCOc1cc(/C=C2/NC(=O)N(CC(=O)O)C2=O)cc(Br)c1OCc1ccc(Br)cc1. The van der Waals surface area contributed by atoms with Gasteiger partial charge in [0.15, 0.2) is 11.5 Å². The van der Waals surface area contributed by atoms with Crippen LogP contribution in [0, 0.1) is 0 Å². The van der Waals surface area contributed by atoms with Gasteiger partial charge >= 0.3 is 12.0 Å². The van der Waals surface area contributed by atoms with E-state index < -0.39 is 24.5 Å². The average Bonchev–Trinajstić information content (AvgIpc) is 2.96. The van der Waals surface area contributed by atoms with Crippen LogP contribution in [0.2, 0.25) is 0 Å². The molecule has 1 aliphatic rings. The Bertz CT molecular complexity index is 1050. The zero-order valence-corrected chi connectivity index (χ0v) is 19.5. The number of imide groups is 1. The van der Waals surface area contributed by atoms with Crippen LogP contribution in [0.3, 0.4) is 0 Å². The summed E-state index contributed by atoms with van der Waals surface area (Å²) < 4.78 is 13.2. The number of ether oxygens (including phenoxy) is 2. The second kappa shape index (κ2) is 9.97. The number of carboxylic acid groups (broad SMARTS) is 1. The van der Waals surface area contributed by atoms with Crippen molar-refractivity contribution in [2.75, 3.05) is 13.2 Å². The summed E-state index contributed by atoms with van der Waals surface area (Å²) in [5.41, 5.74) is 1.51. The molecule has 2 N–H and O–H groups in total. The van der Waals surface area contributed by atoms with E-state index in [1.54, 1.807) is 12.1 Å². The molecule has 0 saturated carbocycles. The van der Waals surface area contributed by atoms with Crippen molar-refractivity contribution >= 4 is 55.8 Å². The number of carboxylic acids is 1. The Morgan fingerprint density at radius 2 is 1.87 bits per heavy atom. The molecule has 0 aliphatic carbocycles. The lowest BCUT2D eigenvalue weighted by molar-refractivity contribution is -0.140. The first-order valence-corrected chi connectivity index (χ1v) is 10.8. The molecule has 1 aliphatic heterocycles. The fraction of sp³-hybridized carbons (Fsp3) is 0.190. The van der Waals surface area contributed by atoms with Crippen molar-refractivity contribution in [2.24, 2.45) is 0 Å². The second-order valence-electron chi connectivity index (χ2n) is 6.45. The Balaban J connectivity index is 1.85. The van der Waals surface area contributed by atoms with Crippen LogP contribution in [-0.2, 0) is 16.2 Å². The minimum absolute atomic E-state index is 0.0240. The standard InChI is InChI=1S/C21H18Br2N2O6/c1-2-30-17-9-13(8-16-20(28)25(10-18(26)27)21(29)24-16)7-15(23)19(17)31-11-12-3-5-14(22)6-4-12/h3-9H,2,10-11H2,1H3,(H,24,29)(H,26,27)/b16-8+. The van der Waals surface area contributed by atoms with Crippen molar-refractivity contribution in [1.29, 1.82) is 0 Å². The maximum atomic E-state index is 12.3. The van der Waals surface area contributed by atoms with Crippen molar-refractivity contribution in [2.45, 2.75) is 13.5 Å². The molecule has 0 aromatic heterocycles. The molecule has 0 unspecified atom stereocenters. The predicted octanol–water partition coefficient (Wildman–Crippen LogP) is 4.17. The number of hydrogen-bond acceptors (Lipinski definition) is 5. The zero-order valence-electron chi connectivity index (χ0n) is 16.4. The van der Waals surface area contributed by atoms with E-state index in [4.69, 9.17) is 14.6 Å². The van der Waals surface area contributed by atoms with E-state index in [9.17, 15) is 14.4 Å². The van der Waals surface area contributed by atoms with Gasteiger partial charge in [-0.3, -0.25) is 9.59 Å². The Kier molecular flexibility index (Phi) is 7.34. The number of nitrogens with zero attached hydrogens (tertiary/aromatic N) is 1. The van der Waals surface area contributed by atoms with Gasteiger partial charge in [-0.15, -0.1) is 0 Å². The van der Waals surface area contributed by atoms with E-state index >= 15 is 0 Å². The Morgan fingerprint density at radius 3 is 2.52 bits per heavy atom. The zero-order chi connectivity index (χ0) is 22.5. The van der Waals surface area contributed by atoms with E-state index in [1.165, 1.54) is 6.08 Å². The van der Waals surface area contributed by atoms with Gasteiger partial charge in [-0.1, -0.05) is 28.1 Å². The lowest BCUT2D eigenvalue weighted by atomic mass is 10.1. The van der Waals surface area contributed by atoms with E-state index in [1.807, 2.05) is 31.2 Å². The predicted molar refractivity (Wildman–Crippen MR) is 120 cm³/mol. The van der Waals surface area contributed by atoms with E-state index in [-0.39, 0.29) is 5.70 Å². The fourth-order valence-corrected chi connectivity index (χ4v) is 3.67. The third-order valence-corrected chi connectivity index (χ3v) is 5.31. The molecule has 0 spiro atoms. The van der Waals surface area contributed by atoms with Gasteiger partial charge in [-0.05, 0) is 64.3 Å². The number of carbonyl (C=O) groups excluding carboxylic acids is 2. The molecule has 1 heterocycles. The smallest absolute Gasteiger partial charge is 0.329 e. The van der Waals surface area contributed by atoms with Gasteiger partial charge in [-0.2, -0.15) is 0 Å². The minimum Gasteiger partial charge on any atom is -0.490 e. The second-order valence-corrected chi connectivity index (χ2v) is 8.22. The van der Waals surface area contributed by atoms with Gasteiger partial charge in [0.1, 0.15) is 18.8 Å². The summed E-state index contributed by atoms with van der Waals surface area (Å²) in [6.07, 6.45) is 1.45. The highest BCUT2D eigenvalue weighted by molar-refractivity contribution is 9.10. The molecule has 0 radical (unpaired) electrons. The third kappa shape index (κ3) is 5.65. The van der Waals surface area contributed by atoms with Gasteiger partial charge in [0, 0.05) is 4.47 Å². The third-order valence-electron chi connectivity index (χ3n) is 4.19. The molecule has 1 saturated heterocycles. The molecule has 3 amide bonds. The summed E-state index contributed by atoms with van der Waals surface area (Å²) in [7, 11) is 0. The van der Waals surface area contributed by atoms with E-state index in [0.717, 1.165) is 10.0 Å². The maximum absolute atomic E-state index is 12.3. The molecule has 0 bridgehead atoms. The van der Waals surface area contributed by atoms with Crippen LogP contribution >= 0.6 is 31.9 Å². The number of urea groups is 1. The Labute approximate surface area is 195 Å². The Hall–Kier alpha value is -2.85. The number of aliphatic carboxylic acids is 1. The van der Waals surface area contributed by atoms with Crippen LogP contribution < -0.4 is 14.8 Å². The number of hydrogen-bond donors (Lipinski definition) is 2. The molecular weight excluding hydrogens is 536 g/mol. The van der Waals surface area contributed by atoms with Crippen molar-refractivity contribution in [3.05, 3.63) is 62.2 Å². The quantitative estimate of drug-likeness (QED) is 0.375. The highest BCUT2D eigenvalue weighted by atomic mass is 79.9. The van der Waals surface area contributed by atoms with Crippen LogP contribution in [0.15, 0.2) is 51.0 Å². The summed E-state index contributed by atoms with van der Waals surface area (Å²) in [5.74, 6) is -1.03. The molecule has 162 valence electrons. The van der Waals surface area contributed by atoms with Crippen molar-refractivity contribution in [3.63, 3.8) is 0 Å². The lowest BCUT2D eigenvalue weighted by Gasteiger charge is -2.15. The first-order valence-electron chi connectivity index (χ1n) is 9.18. The molecule has 0 atom stereocenters. The van der Waals surface area contributed by atoms with E-state index in [0.29, 0.717) is 39.6 Å². The topological polar surface area (TPSA) is 105 Å². The summed E-state index contributed by atoms with van der Waals surface area (Å²) in [5, 5.41) is 11.3. The summed E-state index contributed by atoms with van der Waals surface area (Å²) in [4.78, 5) is 35.7. The van der Waals surface area contributed by atoms with Crippen LogP contribution in [0.1, 0.15) is 18.1 Å². The van der Waals surface area contributed by atoms with Crippen LogP contribution in [0.25, 0.3) is 6.08 Å². The number of benzene rings is 2. The van der Waals surface area contributed by atoms with E-state index in [2.05, 4.69) is 37.2 Å². The monoisotopic (exact) mass is 552 g/mol. The largest absolute Gasteiger partial charge is 0.490 e. The number of halogens is 2. The highest BCUT2D eigenvalue weighted by Gasteiger charge is 2.34. The molecule has 8 nitrogen and oxygen atoms in total. The van der Waals surface area contributed by atoms with Gasteiger partial charge in [0.05, 0.1) is 11.1 Å². The van der Waals surface area contributed by atoms with Crippen LogP contribution in [0.5, 0.6) is 11.5 Å². The number of amides is 3. The van der Waals surface area contributed by atoms with Crippen molar-refractivity contribution in [3.8, 4) is 11.5 Å². The van der Waals surface area contributed by atoms with Crippen LogP contribution in [-0.4, -0.2) is 41.1 Å². The highest BCUT2D eigenvalue weighted by Crippen LogP contribution is 2.38. The minimum atomic E-state index is -1.28. The summed E-state index contributed by atoms with van der Waals surface area (Å²) in [6.45, 7) is 1.84. The van der Waals surface area contributed by atoms with Crippen molar-refractivity contribution in [1.82, 2.24) is 10.2 Å². The molecule has 2 aromatic carbocycles. The molecular formula is C21H18Br2N2O6. The lowest BCUT2D eigenvalue weighted by Crippen LogP contribution is -2.35. The summed E-state index contributed by atoms with van der Waals surface area (Å²) in [6, 6.07) is 10.3. The average molecular weight is 554 g/mol. The maximum Gasteiger partial charge on any atom is 0.329 e. The van der Waals surface area contributed by atoms with Crippen molar-refractivity contribution < 1.29 is 29.0 Å². The van der Waals surface area contributed by atoms with Crippen LogP contribution in [0.4, 0.5) is 4.79 Å². The number of carbonyl (C=O) groups is 3.